The van der Waals surface area contributed by atoms with Gasteiger partial charge in [0.1, 0.15) is 6.04 Å². The number of H-pyrrole nitrogens is 1. The Morgan fingerprint density at radius 2 is 1.40 bits per heavy atom. The number of carboxylic acids is 1. The SMILES string of the molecule is CCCCCCCCCCCCCCCCCCNC(Cc1cnc[nH]1)C(=O)O.[H-].[Na+]. The van der Waals surface area contributed by atoms with E-state index >= 15 is 0 Å². The van der Waals surface area contributed by atoms with Crippen LogP contribution in [0.1, 0.15) is 117 Å². The molecule has 1 rings (SSSR count). The number of rotatable bonds is 21. The van der Waals surface area contributed by atoms with Crippen molar-refractivity contribution >= 4 is 5.97 Å². The van der Waals surface area contributed by atoms with Gasteiger partial charge >= 0.3 is 35.5 Å². The summed E-state index contributed by atoms with van der Waals surface area (Å²) >= 11 is 0. The fraction of sp³-hybridized carbons (Fsp3) is 0.833. The summed E-state index contributed by atoms with van der Waals surface area (Å²) in [5, 5.41) is 12.5. The molecule has 3 N–H and O–H groups in total. The number of aromatic amines is 1. The van der Waals surface area contributed by atoms with E-state index in [1.807, 2.05) is 0 Å². The van der Waals surface area contributed by atoms with Crippen molar-refractivity contribution in [2.75, 3.05) is 6.54 Å². The molecule has 1 atom stereocenters. The van der Waals surface area contributed by atoms with Gasteiger partial charge in [0.25, 0.3) is 0 Å². The molecule has 0 amide bonds. The molecule has 0 saturated carbocycles. The molecule has 0 aliphatic heterocycles. The Balaban J connectivity index is 0. The standard InChI is InChI=1S/C24H45N3O2.Na.H/c1-2-3-4-5-6-7-8-9-10-11-12-13-14-15-16-17-18-26-23(24(28)29)19-22-20-25-21-27-22;;/h20-21,23,26H,2-19H2,1H3,(H,25,27)(H,28,29);;/q;+1;-1. The van der Waals surface area contributed by atoms with E-state index in [2.05, 4.69) is 22.2 Å². The minimum absolute atomic E-state index is 0. The van der Waals surface area contributed by atoms with Crippen LogP contribution in [0, 0.1) is 0 Å². The van der Waals surface area contributed by atoms with Crippen LogP contribution >= 0.6 is 0 Å². The molecule has 0 aliphatic rings. The molecule has 1 aromatic heterocycles. The molecule has 30 heavy (non-hydrogen) atoms. The summed E-state index contributed by atoms with van der Waals surface area (Å²) in [5.41, 5.74) is 0.858. The van der Waals surface area contributed by atoms with E-state index in [9.17, 15) is 9.90 Å². The first-order valence-corrected chi connectivity index (χ1v) is 12.2. The number of imidazole rings is 1. The number of nitrogens with zero attached hydrogens (tertiary/aromatic N) is 1. The summed E-state index contributed by atoms with van der Waals surface area (Å²) in [5.74, 6) is -0.795. The molecule has 0 bridgehead atoms. The van der Waals surface area contributed by atoms with E-state index in [0.29, 0.717) is 6.42 Å². The van der Waals surface area contributed by atoms with Crippen LogP contribution in [0.25, 0.3) is 0 Å². The summed E-state index contributed by atoms with van der Waals surface area (Å²) in [7, 11) is 0. The molecule has 0 saturated heterocycles. The van der Waals surface area contributed by atoms with Crippen LogP contribution in [0.5, 0.6) is 0 Å². The third-order valence-electron chi connectivity index (χ3n) is 5.70. The minimum Gasteiger partial charge on any atom is -1.00 e. The Bertz CT molecular complexity index is 489. The Morgan fingerprint density at radius 1 is 0.933 bits per heavy atom. The Labute approximate surface area is 208 Å². The quantitative estimate of drug-likeness (QED) is 0.206. The number of aliphatic carboxylic acids is 1. The van der Waals surface area contributed by atoms with E-state index < -0.39 is 12.0 Å². The molecule has 1 unspecified atom stereocenters. The van der Waals surface area contributed by atoms with Gasteiger partial charge in [-0.2, -0.15) is 0 Å². The zero-order valence-electron chi connectivity index (χ0n) is 20.8. The Kier molecular flexibility index (Phi) is 21.6. The first kappa shape index (κ1) is 29.6. The Hall–Kier alpha value is -0.360. The maximum Gasteiger partial charge on any atom is 1.00 e. The van der Waals surface area contributed by atoms with Crippen molar-refractivity contribution in [3.8, 4) is 0 Å². The third kappa shape index (κ3) is 17.3. The van der Waals surface area contributed by atoms with Gasteiger partial charge in [0.05, 0.1) is 6.33 Å². The van der Waals surface area contributed by atoms with Gasteiger partial charge in [0.2, 0.25) is 0 Å². The second kappa shape index (κ2) is 21.9. The summed E-state index contributed by atoms with van der Waals surface area (Å²) in [6, 6.07) is -0.535. The second-order valence-corrected chi connectivity index (χ2v) is 8.43. The van der Waals surface area contributed by atoms with Crippen molar-refractivity contribution in [3.05, 3.63) is 18.2 Å². The Morgan fingerprint density at radius 3 is 1.80 bits per heavy atom. The number of carboxylic acid groups (broad SMARTS) is 1. The summed E-state index contributed by atoms with van der Waals surface area (Å²) in [6.07, 6.45) is 25.4. The summed E-state index contributed by atoms with van der Waals surface area (Å²) < 4.78 is 0. The summed E-state index contributed by atoms with van der Waals surface area (Å²) in [6.45, 7) is 3.04. The van der Waals surface area contributed by atoms with Gasteiger partial charge in [0, 0.05) is 18.3 Å². The monoisotopic (exact) mass is 431 g/mol. The summed E-state index contributed by atoms with van der Waals surface area (Å²) in [4.78, 5) is 18.2. The zero-order chi connectivity index (χ0) is 21.0. The van der Waals surface area contributed by atoms with Crippen LogP contribution in [0.15, 0.2) is 12.5 Å². The maximum absolute atomic E-state index is 11.3. The van der Waals surface area contributed by atoms with Crippen LogP contribution < -0.4 is 34.9 Å². The molecule has 1 heterocycles. The van der Waals surface area contributed by atoms with Gasteiger partial charge in [-0.25, -0.2) is 4.98 Å². The largest absolute Gasteiger partial charge is 1.00 e. The number of hydrogen-bond donors (Lipinski definition) is 3. The number of nitrogens with one attached hydrogen (secondary N) is 2. The van der Waals surface area contributed by atoms with E-state index in [1.165, 1.54) is 96.3 Å². The molecule has 1 aromatic rings. The third-order valence-corrected chi connectivity index (χ3v) is 5.70. The number of aromatic nitrogens is 2. The van der Waals surface area contributed by atoms with E-state index in [-0.39, 0.29) is 31.0 Å². The number of hydrogen-bond acceptors (Lipinski definition) is 3. The molecule has 0 radical (unpaired) electrons. The van der Waals surface area contributed by atoms with Crippen LogP contribution in [0.4, 0.5) is 0 Å². The molecule has 6 heteroatoms. The predicted octanol–water partition coefficient (Wildman–Crippen LogP) is 3.37. The van der Waals surface area contributed by atoms with Gasteiger partial charge < -0.3 is 16.8 Å². The van der Waals surface area contributed by atoms with Gasteiger partial charge in [0.15, 0.2) is 0 Å². The molecular weight excluding hydrogens is 385 g/mol. The molecule has 0 fully saturated rings. The molecule has 0 spiro atoms. The van der Waals surface area contributed by atoms with Crippen molar-refractivity contribution < 1.29 is 40.9 Å². The maximum atomic E-state index is 11.3. The second-order valence-electron chi connectivity index (χ2n) is 8.43. The average molecular weight is 432 g/mol. The van der Waals surface area contributed by atoms with E-state index in [0.717, 1.165) is 18.7 Å². The van der Waals surface area contributed by atoms with Crippen molar-refractivity contribution in [1.29, 1.82) is 0 Å². The predicted molar refractivity (Wildman–Crippen MR) is 122 cm³/mol. The van der Waals surface area contributed by atoms with Gasteiger partial charge in [-0.3, -0.25) is 4.79 Å². The fourth-order valence-electron chi connectivity index (χ4n) is 3.81. The molecule has 0 aliphatic carbocycles. The van der Waals surface area contributed by atoms with Crippen LogP contribution in [-0.4, -0.2) is 33.6 Å². The molecular formula is C24H46N3NaO2. The minimum atomic E-state index is -0.795. The topological polar surface area (TPSA) is 78.0 Å². The normalized spacial score (nSPS) is 11.9. The van der Waals surface area contributed by atoms with Gasteiger partial charge in [-0.15, -0.1) is 0 Å². The smallest absolute Gasteiger partial charge is 1.00 e. The fourth-order valence-corrected chi connectivity index (χ4v) is 3.81. The van der Waals surface area contributed by atoms with Crippen molar-refractivity contribution in [2.45, 2.75) is 122 Å². The number of unbranched alkanes of at least 4 members (excludes halogenated alkanes) is 15. The van der Waals surface area contributed by atoms with Crippen molar-refractivity contribution in [3.63, 3.8) is 0 Å². The first-order valence-electron chi connectivity index (χ1n) is 12.2. The molecule has 0 aromatic carbocycles. The van der Waals surface area contributed by atoms with Crippen molar-refractivity contribution in [1.82, 2.24) is 15.3 Å². The van der Waals surface area contributed by atoms with Gasteiger partial charge in [-0.05, 0) is 13.0 Å². The number of carbonyl (C=O) groups is 1. The van der Waals surface area contributed by atoms with E-state index in [1.54, 1.807) is 12.5 Å². The van der Waals surface area contributed by atoms with Crippen LogP contribution in [-0.2, 0) is 11.2 Å². The van der Waals surface area contributed by atoms with E-state index in [4.69, 9.17) is 0 Å². The van der Waals surface area contributed by atoms with Crippen LogP contribution in [0.3, 0.4) is 0 Å². The van der Waals surface area contributed by atoms with Gasteiger partial charge in [-0.1, -0.05) is 103 Å². The van der Waals surface area contributed by atoms with Crippen molar-refractivity contribution in [2.24, 2.45) is 0 Å². The molecule has 5 nitrogen and oxygen atoms in total. The van der Waals surface area contributed by atoms with Crippen LogP contribution in [0.2, 0.25) is 0 Å². The zero-order valence-corrected chi connectivity index (χ0v) is 21.8. The molecule has 170 valence electrons. The average Bonchev–Trinajstić information content (AvgIpc) is 3.22. The first-order chi connectivity index (χ1) is 14.2.